The van der Waals surface area contributed by atoms with Crippen molar-refractivity contribution in [3.63, 3.8) is 0 Å². The summed E-state index contributed by atoms with van der Waals surface area (Å²) < 4.78 is 31.1. The predicted octanol–water partition coefficient (Wildman–Crippen LogP) is -3.90. The summed E-state index contributed by atoms with van der Waals surface area (Å²) in [6.45, 7) is 1.55. The van der Waals surface area contributed by atoms with E-state index in [0.717, 1.165) is 0 Å². The van der Waals surface area contributed by atoms with Crippen LogP contribution < -0.4 is 40.6 Å². The Kier molecular flexibility index (Phi) is 7.69. The second kappa shape index (κ2) is 6.11. The molecule has 0 fully saturated rings. The number of hydrogen-bond donors (Lipinski definition) is 2. The molecule has 0 saturated heterocycles. The third kappa shape index (κ3) is 6.15. The van der Waals surface area contributed by atoms with E-state index in [4.69, 9.17) is 5.73 Å². The number of thiocarbonyl (C=S) groups is 1. The van der Waals surface area contributed by atoms with Crippen molar-refractivity contribution in [2.45, 2.75) is 18.7 Å². The molecule has 0 spiro atoms. The Bertz CT molecular complexity index is 241. The minimum atomic E-state index is -4.34. The number of rotatable bonds is 3. The Balaban J connectivity index is 0. The van der Waals surface area contributed by atoms with Crippen LogP contribution in [0, 0.1) is 0 Å². The summed E-state index contributed by atoms with van der Waals surface area (Å²) >= 11 is 4.37. The molecule has 8 heteroatoms. The van der Waals surface area contributed by atoms with Crippen molar-refractivity contribution in [1.82, 2.24) is 5.32 Å². The van der Waals surface area contributed by atoms with Crippen LogP contribution >= 0.6 is 12.2 Å². The van der Waals surface area contributed by atoms with Crippen molar-refractivity contribution in [1.29, 1.82) is 0 Å². The van der Waals surface area contributed by atoms with E-state index in [0.29, 0.717) is 0 Å². The minimum Gasteiger partial charge on any atom is -0.746 e. The van der Waals surface area contributed by atoms with Crippen LogP contribution in [0.2, 0.25) is 0 Å². The van der Waals surface area contributed by atoms with E-state index < -0.39 is 15.5 Å². The summed E-state index contributed by atoms with van der Waals surface area (Å²) in [4.78, 5) is 0. The predicted molar refractivity (Wildman–Crippen MR) is 43.7 cm³/mol. The van der Waals surface area contributed by atoms with E-state index in [9.17, 15) is 13.0 Å². The minimum absolute atomic E-state index is 0. The Hall–Kier alpha value is 0.600. The van der Waals surface area contributed by atoms with Crippen LogP contribution in [0.5, 0.6) is 0 Å². The van der Waals surface area contributed by atoms with Gasteiger partial charge in [0.05, 0.1) is 0 Å². The molecular weight excluding hydrogens is 211 g/mol. The summed E-state index contributed by atoms with van der Waals surface area (Å²) in [5.41, 5.74) is 4.98. The van der Waals surface area contributed by atoms with Crippen molar-refractivity contribution >= 4 is 27.4 Å². The largest absolute Gasteiger partial charge is 1.00 e. The maximum atomic E-state index is 10.4. The van der Waals surface area contributed by atoms with Crippen LogP contribution in [0.1, 0.15) is 13.3 Å². The molecule has 12 heavy (non-hydrogen) atoms. The first-order valence-electron chi connectivity index (χ1n) is 2.88. The van der Waals surface area contributed by atoms with E-state index in [2.05, 4.69) is 17.5 Å². The van der Waals surface area contributed by atoms with Crippen molar-refractivity contribution in [3.05, 3.63) is 0 Å². The molecule has 5 nitrogen and oxygen atoms in total. The fourth-order valence-electron chi connectivity index (χ4n) is 0.537. The van der Waals surface area contributed by atoms with Crippen LogP contribution in [0.4, 0.5) is 0 Å². The van der Waals surface area contributed by atoms with Gasteiger partial charge in [0.1, 0.15) is 15.5 Å². The topological polar surface area (TPSA) is 95.2 Å². The maximum Gasteiger partial charge on any atom is 1.00 e. The van der Waals surface area contributed by atoms with Crippen molar-refractivity contribution in [2.24, 2.45) is 5.73 Å². The normalized spacial score (nSPS) is 12.8. The van der Waals surface area contributed by atoms with Crippen molar-refractivity contribution in [3.8, 4) is 0 Å². The van der Waals surface area contributed by atoms with Gasteiger partial charge in [-0.3, -0.25) is 0 Å². The Morgan fingerprint density at radius 2 is 2.17 bits per heavy atom. The van der Waals surface area contributed by atoms with Gasteiger partial charge < -0.3 is 15.6 Å². The average molecular weight is 220 g/mol. The first-order chi connectivity index (χ1) is 4.88. The van der Waals surface area contributed by atoms with Crippen LogP contribution in [-0.4, -0.2) is 23.5 Å². The van der Waals surface area contributed by atoms with Gasteiger partial charge in [0.15, 0.2) is 5.11 Å². The van der Waals surface area contributed by atoms with Crippen LogP contribution in [-0.2, 0) is 10.1 Å². The van der Waals surface area contributed by atoms with Crippen molar-refractivity contribution in [2.75, 3.05) is 0 Å². The van der Waals surface area contributed by atoms with Gasteiger partial charge >= 0.3 is 29.6 Å². The summed E-state index contributed by atoms with van der Waals surface area (Å²) in [6.07, 6.45) is 0.142. The van der Waals surface area contributed by atoms with Gasteiger partial charge in [-0.05, 0) is 18.6 Å². The Labute approximate surface area is 99.1 Å². The van der Waals surface area contributed by atoms with Gasteiger partial charge in [0, 0.05) is 0 Å². The molecule has 1 unspecified atom stereocenters. The molecule has 0 aliphatic heterocycles. The van der Waals surface area contributed by atoms with Crippen LogP contribution in [0.3, 0.4) is 0 Å². The molecule has 0 saturated carbocycles. The molecule has 3 N–H and O–H groups in total. The third-order valence-corrected chi connectivity index (χ3v) is 2.29. The molecule has 0 aliphatic rings. The molecule has 0 bridgehead atoms. The fourth-order valence-corrected chi connectivity index (χ4v) is 1.43. The average Bonchev–Trinajstić information content (AvgIpc) is 1.79. The third-order valence-electron chi connectivity index (χ3n) is 1.02. The smallest absolute Gasteiger partial charge is 0.746 e. The maximum absolute atomic E-state index is 10.4. The Morgan fingerprint density at radius 1 is 1.75 bits per heavy atom. The van der Waals surface area contributed by atoms with E-state index in [-0.39, 0.29) is 41.1 Å². The molecule has 0 aromatic rings. The van der Waals surface area contributed by atoms with Gasteiger partial charge in [-0.25, -0.2) is 8.42 Å². The van der Waals surface area contributed by atoms with Gasteiger partial charge in [-0.15, -0.1) is 0 Å². The molecule has 0 aliphatic carbocycles. The summed E-state index contributed by atoms with van der Waals surface area (Å²) in [6, 6.07) is 0. The second-order valence-electron chi connectivity index (χ2n) is 1.90. The van der Waals surface area contributed by atoms with Gasteiger partial charge in [0.2, 0.25) is 0 Å². The number of nitrogens with two attached hydrogens (primary N) is 1. The number of hydrogen-bond acceptors (Lipinski definition) is 4. The first kappa shape index (κ1) is 15.1. The first-order valence-corrected chi connectivity index (χ1v) is 4.76. The molecule has 0 rings (SSSR count). The molecule has 66 valence electrons. The summed E-state index contributed by atoms with van der Waals surface area (Å²) in [7, 11) is -4.34. The number of nitrogens with one attached hydrogen (secondary N) is 1. The molecule has 0 radical (unpaired) electrons. The van der Waals surface area contributed by atoms with Gasteiger partial charge in [-0.2, -0.15) is 0 Å². The SMILES string of the molecule is CCC(NC(N)=S)S(=O)(=O)[O-].[Na+]. The van der Waals surface area contributed by atoms with Crippen LogP contribution in [0.25, 0.3) is 0 Å². The molecular formula is C4H9N2NaO3S2. The zero-order valence-corrected chi connectivity index (χ0v) is 10.5. The standard InChI is InChI=1S/C4H10N2O3S2.Na/c1-2-3(6-4(5)10)11(7,8)9;/h3H,2H2,1H3,(H3,5,6,10)(H,7,8,9);/q;+1/p-1. The molecule has 0 heterocycles. The fraction of sp³-hybridized carbons (Fsp3) is 0.750. The van der Waals surface area contributed by atoms with Crippen molar-refractivity contribution < 1.29 is 42.5 Å². The van der Waals surface area contributed by atoms with E-state index in [1.165, 1.54) is 0 Å². The monoisotopic (exact) mass is 220 g/mol. The second-order valence-corrected chi connectivity index (χ2v) is 3.89. The van der Waals surface area contributed by atoms with E-state index in [1.54, 1.807) is 6.92 Å². The van der Waals surface area contributed by atoms with E-state index in [1.807, 2.05) is 0 Å². The molecule has 0 aromatic carbocycles. The summed E-state index contributed by atoms with van der Waals surface area (Å²) in [5.74, 6) is 0. The van der Waals surface area contributed by atoms with E-state index >= 15 is 0 Å². The molecule has 0 aromatic heterocycles. The zero-order chi connectivity index (χ0) is 9.07. The molecule has 1 atom stereocenters. The Morgan fingerprint density at radius 3 is 2.25 bits per heavy atom. The quantitative estimate of drug-likeness (QED) is 0.287. The molecule has 0 amide bonds. The van der Waals surface area contributed by atoms with Gasteiger partial charge in [-0.1, -0.05) is 6.92 Å². The van der Waals surface area contributed by atoms with Crippen LogP contribution in [0.15, 0.2) is 0 Å². The summed E-state index contributed by atoms with van der Waals surface area (Å²) in [5, 5.41) is 0.786. The zero-order valence-electron chi connectivity index (χ0n) is 6.90. The van der Waals surface area contributed by atoms with Gasteiger partial charge in [0.25, 0.3) is 0 Å².